The van der Waals surface area contributed by atoms with Crippen LogP contribution in [0.1, 0.15) is 47.0 Å². The van der Waals surface area contributed by atoms with Gasteiger partial charge in [0.15, 0.2) is 5.82 Å². The van der Waals surface area contributed by atoms with E-state index in [1.165, 1.54) is 49.2 Å². The summed E-state index contributed by atoms with van der Waals surface area (Å²) >= 11 is 0. The van der Waals surface area contributed by atoms with E-state index < -0.39 is 0 Å². The van der Waals surface area contributed by atoms with Gasteiger partial charge in [0.05, 0.1) is 11.4 Å². The zero-order valence-corrected chi connectivity index (χ0v) is 16.0. The first-order valence-electron chi connectivity index (χ1n) is 9.67. The van der Waals surface area contributed by atoms with Crippen molar-refractivity contribution in [3.05, 3.63) is 46.4 Å². The summed E-state index contributed by atoms with van der Waals surface area (Å²) in [5, 5.41) is 3.39. The van der Waals surface area contributed by atoms with Crippen molar-refractivity contribution < 1.29 is 0 Å². The van der Waals surface area contributed by atoms with Crippen molar-refractivity contribution in [3.8, 4) is 0 Å². The van der Waals surface area contributed by atoms with E-state index in [-0.39, 0.29) is 0 Å². The Bertz CT molecular complexity index is 808. The number of nitrogen functional groups attached to an aromatic ring is 1. The van der Waals surface area contributed by atoms with E-state index in [0.717, 1.165) is 29.8 Å². The predicted octanol–water partition coefficient (Wildman–Crippen LogP) is 3.41. The van der Waals surface area contributed by atoms with Crippen LogP contribution in [-0.2, 0) is 6.54 Å². The quantitative estimate of drug-likeness (QED) is 0.884. The Kier molecular flexibility index (Phi) is 4.57. The zero-order chi connectivity index (χ0) is 18.3. The number of hydrogen-bond donors (Lipinski definition) is 2. The number of nitrogens with zero attached hydrogens (tertiary/aromatic N) is 3. The largest absolute Gasteiger partial charge is 0.394 e. The molecule has 1 atom stereocenters. The Labute approximate surface area is 156 Å². The molecule has 1 aromatic heterocycles. The molecule has 2 bridgehead atoms. The molecule has 5 rings (SSSR count). The second-order valence-corrected chi connectivity index (χ2v) is 7.90. The van der Waals surface area contributed by atoms with E-state index in [1.54, 1.807) is 0 Å². The number of nitrogens with one attached hydrogen (secondary N) is 1. The van der Waals surface area contributed by atoms with Gasteiger partial charge in [0.25, 0.3) is 0 Å². The first-order valence-corrected chi connectivity index (χ1v) is 9.67. The summed E-state index contributed by atoms with van der Waals surface area (Å²) < 4.78 is 0. The number of nitrogens with two attached hydrogens (primary N) is 1. The highest BCUT2D eigenvalue weighted by Gasteiger charge is 2.34. The lowest BCUT2D eigenvalue weighted by atomic mass is 9.75. The maximum Gasteiger partial charge on any atom is 0.153 e. The van der Waals surface area contributed by atoms with Gasteiger partial charge < -0.3 is 16.0 Å². The number of piperidine rings is 3. The number of rotatable bonds is 4. The van der Waals surface area contributed by atoms with Crippen LogP contribution in [0.2, 0.25) is 0 Å². The minimum absolute atomic E-state index is 0.636. The smallest absolute Gasteiger partial charge is 0.153 e. The molecule has 3 aliphatic rings. The van der Waals surface area contributed by atoms with Crippen molar-refractivity contribution in [1.82, 2.24) is 14.9 Å². The Hall–Kier alpha value is -2.14. The molecule has 3 N–H and O–H groups in total. The molecule has 3 saturated heterocycles. The molecular formula is C21H29N5. The summed E-state index contributed by atoms with van der Waals surface area (Å²) in [6.45, 7) is 10.6. The fourth-order valence-electron chi connectivity index (χ4n) is 4.53. The lowest BCUT2D eigenvalue weighted by Crippen LogP contribution is -2.46. The zero-order valence-electron chi connectivity index (χ0n) is 16.0. The number of anilines is 2. The third kappa shape index (κ3) is 3.28. The molecule has 4 heterocycles. The normalized spacial score (nSPS) is 24.7. The van der Waals surface area contributed by atoms with Crippen molar-refractivity contribution >= 4 is 11.5 Å². The number of benzene rings is 1. The molecule has 0 aliphatic carbocycles. The molecule has 3 fully saturated rings. The summed E-state index contributed by atoms with van der Waals surface area (Å²) in [7, 11) is 0. The Morgan fingerprint density at radius 2 is 1.92 bits per heavy atom. The third-order valence-corrected chi connectivity index (χ3v) is 6.15. The summed E-state index contributed by atoms with van der Waals surface area (Å²) in [5.41, 5.74) is 11.7. The second-order valence-electron chi connectivity index (χ2n) is 7.90. The second kappa shape index (κ2) is 6.88. The van der Waals surface area contributed by atoms with Gasteiger partial charge in [0, 0.05) is 13.1 Å². The van der Waals surface area contributed by atoms with Crippen LogP contribution in [0.15, 0.2) is 18.2 Å². The highest BCUT2D eigenvalue weighted by Crippen LogP contribution is 2.39. The van der Waals surface area contributed by atoms with Gasteiger partial charge in [-0.05, 0) is 75.2 Å². The van der Waals surface area contributed by atoms with Gasteiger partial charge in [0.1, 0.15) is 5.82 Å². The van der Waals surface area contributed by atoms with Gasteiger partial charge in [-0.15, -0.1) is 0 Å². The number of aryl methyl sites for hydroxylation is 3. The summed E-state index contributed by atoms with van der Waals surface area (Å²) in [6.07, 6.45) is 2.72. The van der Waals surface area contributed by atoms with Crippen LogP contribution in [0.25, 0.3) is 0 Å². The van der Waals surface area contributed by atoms with Crippen LogP contribution in [0.5, 0.6) is 0 Å². The molecule has 0 saturated carbocycles. The van der Waals surface area contributed by atoms with Gasteiger partial charge in [-0.25, -0.2) is 9.97 Å². The molecule has 0 spiro atoms. The number of aromatic nitrogens is 2. The Balaban J connectivity index is 1.49. The van der Waals surface area contributed by atoms with Crippen LogP contribution in [0, 0.1) is 26.7 Å². The highest BCUT2D eigenvalue weighted by atomic mass is 15.1. The molecular weight excluding hydrogens is 322 g/mol. The van der Waals surface area contributed by atoms with Crippen LogP contribution in [0.4, 0.5) is 11.5 Å². The lowest BCUT2D eigenvalue weighted by Gasteiger charge is -2.45. The van der Waals surface area contributed by atoms with Crippen molar-refractivity contribution in [3.63, 3.8) is 0 Å². The van der Waals surface area contributed by atoms with E-state index >= 15 is 0 Å². The van der Waals surface area contributed by atoms with E-state index in [9.17, 15) is 0 Å². The Morgan fingerprint density at radius 3 is 2.58 bits per heavy atom. The molecule has 1 aromatic carbocycles. The summed E-state index contributed by atoms with van der Waals surface area (Å²) in [4.78, 5) is 11.4. The van der Waals surface area contributed by atoms with Crippen molar-refractivity contribution in [2.45, 2.75) is 46.1 Å². The van der Waals surface area contributed by atoms with Gasteiger partial charge in [-0.3, -0.25) is 0 Å². The molecule has 1 unspecified atom stereocenters. The van der Waals surface area contributed by atoms with Gasteiger partial charge in [-0.1, -0.05) is 18.2 Å². The van der Waals surface area contributed by atoms with Gasteiger partial charge >= 0.3 is 0 Å². The predicted molar refractivity (Wildman–Crippen MR) is 106 cm³/mol. The SMILES string of the molecule is Cc1nc(C)c(N)c(NCc2ccc(C3CN4CCC3CC4)cc2C)n1. The monoisotopic (exact) mass is 351 g/mol. The maximum atomic E-state index is 6.12. The number of hydrogen-bond acceptors (Lipinski definition) is 5. The molecule has 5 heteroatoms. The summed E-state index contributed by atoms with van der Waals surface area (Å²) in [6, 6.07) is 6.99. The first-order chi connectivity index (χ1) is 12.5. The van der Waals surface area contributed by atoms with Crippen molar-refractivity contribution in [1.29, 1.82) is 0 Å². The maximum absolute atomic E-state index is 6.12. The van der Waals surface area contributed by atoms with Crippen LogP contribution >= 0.6 is 0 Å². The minimum atomic E-state index is 0.636. The lowest BCUT2D eigenvalue weighted by molar-refractivity contribution is 0.0871. The highest BCUT2D eigenvalue weighted by molar-refractivity contribution is 5.63. The van der Waals surface area contributed by atoms with E-state index in [2.05, 4.69) is 45.3 Å². The van der Waals surface area contributed by atoms with Crippen molar-refractivity contribution in [2.24, 2.45) is 5.92 Å². The molecule has 138 valence electrons. The average molecular weight is 351 g/mol. The molecule has 0 radical (unpaired) electrons. The summed E-state index contributed by atoms with van der Waals surface area (Å²) in [5.74, 6) is 3.06. The van der Waals surface area contributed by atoms with Crippen molar-refractivity contribution in [2.75, 3.05) is 30.7 Å². The average Bonchev–Trinajstić information content (AvgIpc) is 2.65. The molecule has 2 aromatic rings. The molecule has 26 heavy (non-hydrogen) atoms. The molecule has 5 nitrogen and oxygen atoms in total. The van der Waals surface area contributed by atoms with Gasteiger partial charge in [-0.2, -0.15) is 0 Å². The molecule has 3 aliphatic heterocycles. The fraction of sp³-hybridized carbons (Fsp3) is 0.524. The van der Waals surface area contributed by atoms with Crippen LogP contribution in [-0.4, -0.2) is 34.5 Å². The van der Waals surface area contributed by atoms with Crippen LogP contribution < -0.4 is 11.1 Å². The van der Waals surface area contributed by atoms with E-state index in [4.69, 9.17) is 5.73 Å². The van der Waals surface area contributed by atoms with E-state index in [1.807, 2.05) is 13.8 Å². The fourth-order valence-corrected chi connectivity index (χ4v) is 4.53. The van der Waals surface area contributed by atoms with E-state index in [0.29, 0.717) is 11.6 Å². The minimum Gasteiger partial charge on any atom is -0.394 e. The molecule has 0 amide bonds. The third-order valence-electron chi connectivity index (χ3n) is 6.15. The standard InChI is InChI=1S/C21H29N5/c1-13-10-17(19-12-26-8-6-16(19)7-9-26)4-5-18(13)11-23-21-20(22)14(2)24-15(3)25-21/h4-5,10,16,19H,6-9,11-12,22H2,1-3H3,(H,23,24,25). The topological polar surface area (TPSA) is 67.1 Å². The number of fused-ring (bicyclic) bond motifs is 3. The Morgan fingerprint density at radius 1 is 1.15 bits per heavy atom. The van der Waals surface area contributed by atoms with Crippen LogP contribution in [0.3, 0.4) is 0 Å². The first kappa shape index (κ1) is 17.3. The van der Waals surface area contributed by atoms with Gasteiger partial charge in [0.2, 0.25) is 0 Å².